The minimum absolute atomic E-state index is 0.126. The molecule has 1 heterocycles. The number of hydrogen-bond donors (Lipinski definition) is 4. The second-order valence-electron chi connectivity index (χ2n) is 7.52. The highest BCUT2D eigenvalue weighted by molar-refractivity contribution is 7.80. The number of aryl methyl sites for hydroxylation is 1. The van der Waals surface area contributed by atoms with Crippen LogP contribution < -0.4 is 15.5 Å². The van der Waals surface area contributed by atoms with Crippen molar-refractivity contribution in [3.05, 3.63) is 59.1 Å². The van der Waals surface area contributed by atoms with Crippen molar-refractivity contribution in [3.63, 3.8) is 0 Å². The molecule has 1 aliphatic carbocycles. The maximum absolute atomic E-state index is 13.1. The van der Waals surface area contributed by atoms with E-state index < -0.39 is 30.2 Å². The molecule has 5 atom stereocenters. The van der Waals surface area contributed by atoms with Gasteiger partial charge in [0.05, 0.1) is 24.1 Å². The summed E-state index contributed by atoms with van der Waals surface area (Å²) in [5.41, 5.74) is 2.35. The number of anilines is 2. The molecule has 1 aliphatic heterocycles. The normalized spacial score (nSPS) is 28.6. The van der Waals surface area contributed by atoms with Gasteiger partial charge in [-0.25, -0.2) is 0 Å². The maximum Gasteiger partial charge on any atom is 0.229 e. The molecule has 8 heteroatoms. The van der Waals surface area contributed by atoms with Crippen molar-refractivity contribution in [1.29, 1.82) is 0 Å². The molecule has 0 radical (unpaired) electrons. The second-order valence-corrected chi connectivity index (χ2v) is 8.32. The predicted molar refractivity (Wildman–Crippen MR) is 117 cm³/mol. The fourth-order valence-corrected chi connectivity index (χ4v) is 4.67. The highest BCUT2D eigenvalue weighted by atomic mass is 35.5. The summed E-state index contributed by atoms with van der Waals surface area (Å²) in [7, 11) is 0. The van der Waals surface area contributed by atoms with Gasteiger partial charge in [0, 0.05) is 16.4 Å². The number of fused-ring (bicyclic) bond motifs is 1. The van der Waals surface area contributed by atoms with Crippen molar-refractivity contribution in [2.75, 3.05) is 10.2 Å². The van der Waals surface area contributed by atoms with Gasteiger partial charge in [-0.2, -0.15) is 0 Å². The van der Waals surface area contributed by atoms with E-state index >= 15 is 0 Å². The molecular weight excluding hydrogens is 410 g/mol. The van der Waals surface area contributed by atoms with Crippen LogP contribution in [-0.2, 0) is 4.79 Å². The molecule has 2 aromatic rings. The molecular formula is C21H22ClN3O3S. The molecule has 0 aromatic heterocycles. The lowest BCUT2D eigenvalue weighted by atomic mass is 9.77. The monoisotopic (exact) mass is 431 g/mol. The van der Waals surface area contributed by atoms with Crippen LogP contribution in [0.3, 0.4) is 0 Å². The number of nitrogens with zero attached hydrogens (tertiary/aromatic N) is 1. The lowest BCUT2D eigenvalue weighted by Crippen LogP contribution is -2.60. The zero-order valence-corrected chi connectivity index (χ0v) is 17.3. The smallest absolute Gasteiger partial charge is 0.229 e. The number of carbonyl (C=O) groups excluding carboxylic acids is 1. The van der Waals surface area contributed by atoms with Gasteiger partial charge in [0.25, 0.3) is 0 Å². The molecule has 1 amide bonds. The van der Waals surface area contributed by atoms with Crippen molar-refractivity contribution < 1.29 is 15.0 Å². The lowest BCUT2D eigenvalue weighted by molar-refractivity contribution is -0.126. The van der Waals surface area contributed by atoms with Crippen LogP contribution in [0.25, 0.3) is 0 Å². The molecule has 1 saturated heterocycles. The molecule has 2 aromatic carbocycles. The first-order valence-electron chi connectivity index (χ1n) is 9.44. The van der Waals surface area contributed by atoms with Crippen molar-refractivity contribution in [2.45, 2.75) is 37.6 Å². The van der Waals surface area contributed by atoms with E-state index in [-0.39, 0.29) is 12.3 Å². The van der Waals surface area contributed by atoms with Crippen LogP contribution in [0.2, 0.25) is 5.02 Å². The Labute approximate surface area is 179 Å². The largest absolute Gasteiger partial charge is 0.390 e. The number of rotatable bonds is 3. The van der Waals surface area contributed by atoms with E-state index in [1.807, 2.05) is 42.2 Å². The Balaban J connectivity index is 1.69. The standard InChI is InChI=1S/C21H22ClN3O3S/c1-11-7-8-13(9-15(11)22)25-18-14(20(28)23-12-5-3-2-4-6-12)10-16(26)19(27)17(18)24-21(25)29/h2-9,14,16-19,26-27H,10H2,1H3,(H,23,28)(H,24,29)/t14-,16-,17-,18-,19+/m1/s1. The summed E-state index contributed by atoms with van der Waals surface area (Å²) in [6.45, 7) is 1.91. The van der Waals surface area contributed by atoms with Crippen molar-refractivity contribution in [3.8, 4) is 0 Å². The van der Waals surface area contributed by atoms with Crippen LogP contribution in [0.1, 0.15) is 12.0 Å². The molecule has 6 nitrogen and oxygen atoms in total. The van der Waals surface area contributed by atoms with E-state index in [9.17, 15) is 15.0 Å². The molecule has 0 spiro atoms. The maximum atomic E-state index is 13.1. The molecule has 0 unspecified atom stereocenters. The molecule has 2 aliphatic rings. The van der Waals surface area contributed by atoms with E-state index in [0.717, 1.165) is 11.3 Å². The van der Waals surface area contributed by atoms with Crippen molar-refractivity contribution >= 4 is 46.2 Å². The molecule has 2 fully saturated rings. The number of carbonyl (C=O) groups is 1. The molecule has 1 saturated carbocycles. The van der Waals surface area contributed by atoms with Crippen LogP contribution in [0, 0.1) is 12.8 Å². The summed E-state index contributed by atoms with van der Waals surface area (Å²) in [5.74, 6) is -0.821. The Hall–Kier alpha value is -2.19. The van der Waals surface area contributed by atoms with Gasteiger partial charge >= 0.3 is 0 Å². The quantitative estimate of drug-likeness (QED) is 0.559. The van der Waals surface area contributed by atoms with Gasteiger partial charge in [-0.15, -0.1) is 0 Å². The first-order valence-corrected chi connectivity index (χ1v) is 10.2. The summed E-state index contributed by atoms with van der Waals surface area (Å²) in [4.78, 5) is 15.0. The average Bonchev–Trinajstić information content (AvgIpc) is 3.05. The third kappa shape index (κ3) is 3.71. The number of thiocarbonyl (C=S) groups is 1. The van der Waals surface area contributed by atoms with E-state index in [2.05, 4.69) is 10.6 Å². The third-order valence-corrected chi connectivity index (χ3v) is 6.38. The summed E-state index contributed by atoms with van der Waals surface area (Å²) < 4.78 is 0. The Morgan fingerprint density at radius 3 is 2.66 bits per heavy atom. The van der Waals surface area contributed by atoms with Crippen LogP contribution in [-0.4, -0.2) is 45.5 Å². The summed E-state index contributed by atoms with van der Waals surface area (Å²) in [6, 6.07) is 13.7. The summed E-state index contributed by atoms with van der Waals surface area (Å²) in [6.07, 6.45) is -1.94. The number of hydrogen-bond acceptors (Lipinski definition) is 4. The third-order valence-electron chi connectivity index (χ3n) is 5.66. The highest BCUT2D eigenvalue weighted by Crippen LogP contribution is 2.38. The number of aliphatic hydroxyl groups is 2. The number of halogens is 1. The predicted octanol–water partition coefficient (Wildman–Crippen LogP) is 2.46. The average molecular weight is 432 g/mol. The highest BCUT2D eigenvalue weighted by Gasteiger charge is 2.54. The lowest BCUT2D eigenvalue weighted by Gasteiger charge is -2.41. The van der Waals surface area contributed by atoms with E-state index in [1.165, 1.54) is 0 Å². The van der Waals surface area contributed by atoms with Crippen molar-refractivity contribution in [2.24, 2.45) is 5.92 Å². The van der Waals surface area contributed by atoms with Gasteiger partial charge in [0.15, 0.2) is 5.11 Å². The van der Waals surface area contributed by atoms with Gasteiger partial charge in [-0.05, 0) is 55.4 Å². The first kappa shape index (κ1) is 20.1. The van der Waals surface area contributed by atoms with Gasteiger partial charge in [-0.3, -0.25) is 4.79 Å². The van der Waals surface area contributed by atoms with Crippen LogP contribution >= 0.6 is 23.8 Å². The number of nitrogens with one attached hydrogen (secondary N) is 2. The van der Waals surface area contributed by atoms with E-state index in [1.54, 1.807) is 18.2 Å². The van der Waals surface area contributed by atoms with Gasteiger partial charge in [-0.1, -0.05) is 35.9 Å². The number of aliphatic hydroxyl groups excluding tert-OH is 2. The Morgan fingerprint density at radius 1 is 1.24 bits per heavy atom. The zero-order valence-electron chi connectivity index (χ0n) is 15.7. The summed E-state index contributed by atoms with van der Waals surface area (Å²) >= 11 is 11.8. The number of para-hydroxylation sites is 1. The number of amides is 1. The van der Waals surface area contributed by atoms with E-state index in [4.69, 9.17) is 23.8 Å². The second kappa shape index (κ2) is 7.91. The molecule has 152 valence electrons. The van der Waals surface area contributed by atoms with Crippen LogP contribution in [0.15, 0.2) is 48.5 Å². The fourth-order valence-electron chi connectivity index (χ4n) is 4.13. The van der Waals surface area contributed by atoms with Gasteiger partial charge in [0.1, 0.15) is 6.10 Å². The summed E-state index contributed by atoms with van der Waals surface area (Å²) in [5, 5.41) is 27.9. The van der Waals surface area contributed by atoms with Crippen LogP contribution in [0.5, 0.6) is 0 Å². The Morgan fingerprint density at radius 2 is 1.97 bits per heavy atom. The van der Waals surface area contributed by atoms with Crippen molar-refractivity contribution in [1.82, 2.24) is 5.32 Å². The molecule has 4 N–H and O–H groups in total. The molecule has 29 heavy (non-hydrogen) atoms. The molecule has 4 rings (SSSR count). The Bertz CT molecular complexity index is 942. The van der Waals surface area contributed by atoms with Gasteiger partial charge < -0.3 is 25.7 Å². The van der Waals surface area contributed by atoms with E-state index in [0.29, 0.717) is 15.8 Å². The minimum Gasteiger partial charge on any atom is -0.390 e. The van der Waals surface area contributed by atoms with Crippen LogP contribution in [0.4, 0.5) is 11.4 Å². The van der Waals surface area contributed by atoms with Gasteiger partial charge in [0.2, 0.25) is 5.91 Å². The first-order chi connectivity index (χ1) is 13.9. The zero-order chi connectivity index (χ0) is 20.7. The topological polar surface area (TPSA) is 84.8 Å². The SMILES string of the molecule is Cc1ccc(N2C(=S)N[C@H]3[C@@H](O)[C@H](O)C[C@@H](C(=O)Nc4ccccc4)[C@H]32)cc1Cl. The Kier molecular flexibility index (Phi) is 5.48. The fraction of sp³-hybridized carbons (Fsp3) is 0.333. The minimum atomic E-state index is -1.04. The number of benzene rings is 2. The molecule has 0 bridgehead atoms.